The Morgan fingerprint density at radius 3 is 2.47 bits per heavy atom. The molecule has 32 heavy (non-hydrogen) atoms. The molecule has 1 aliphatic rings. The van der Waals surface area contributed by atoms with Gasteiger partial charge in [-0.2, -0.15) is 0 Å². The van der Waals surface area contributed by atoms with Gasteiger partial charge in [0.25, 0.3) is 0 Å². The summed E-state index contributed by atoms with van der Waals surface area (Å²) >= 11 is 0. The molecule has 0 saturated heterocycles. The van der Waals surface area contributed by atoms with E-state index in [1.165, 1.54) is 33.3 Å². The first-order chi connectivity index (χ1) is 15.8. The van der Waals surface area contributed by atoms with E-state index < -0.39 is 0 Å². The van der Waals surface area contributed by atoms with Crippen molar-refractivity contribution in [1.29, 1.82) is 0 Å². The Labute approximate surface area is 189 Å². The van der Waals surface area contributed by atoms with Gasteiger partial charge in [0.05, 0.1) is 20.3 Å². The van der Waals surface area contributed by atoms with Crippen LogP contribution in [-0.4, -0.2) is 30.6 Å². The lowest BCUT2D eigenvalue weighted by Gasteiger charge is -2.36. The minimum atomic E-state index is 0.347. The molecule has 5 rings (SSSR count). The molecule has 1 atom stereocenters. The van der Waals surface area contributed by atoms with Crippen LogP contribution < -0.4 is 9.47 Å². The number of nitrogens with zero attached hydrogens (tertiary/aromatic N) is 1. The largest absolute Gasteiger partial charge is 0.493 e. The van der Waals surface area contributed by atoms with Crippen LogP contribution in [0.2, 0.25) is 0 Å². The maximum Gasteiger partial charge on any atom is 0.160 e. The lowest BCUT2D eigenvalue weighted by Crippen LogP contribution is -2.35. The van der Waals surface area contributed by atoms with Crippen molar-refractivity contribution in [3.8, 4) is 11.5 Å². The van der Waals surface area contributed by atoms with Gasteiger partial charge in [-0.25, -0.2) is 0 Å². The number of hydrogen-bond donors (Lipinski definition) is 1. The van der Waals surface area contributed by atoms with Crippen LogP contribution in [0.25, 0.3) is 10.9 Å². The van der Waals surface area contributed by atoms with Crippen molar-refractivity contribution >= 4 is 10.9 Å². The summed E-state index contributed by atoms with van der Waals surface area (Å²) in [6.07, 6.45) is 3.10. The molecule has 1 aliphatic heterocycles. The van der Waals surface area contributed by atoms with Crippen molar-refractivity contribution in [1.82, 2.24) is 9.88 Å². The molecule has 0 fully saturated rings. The highest BCUT2D eigenvalue weighted by molar-refractivity contribution is 5.85. The zero-order valence-corrected chi connectivity index (χ0v) is 18.8. The first-order valence-corrected chi connectivity index (χ1v) is 11.3. The van der Waals surface area contributed by atoms with Crippen molar-refractivity contribution in [2.45, 2.75) is 31.8 Å². The summed E-state index contributed by atoms with van der Waals surface area (Å²) in [6.45, 7) is 2.03. The second-order valence-corrected chi connectivity index (χ2v) is 8.51. The molecule has 0 aliphatic carbocycles. The minimum Gasteiger partial charge on any atom is -0.493 e. The molecule has 2 heterocycles. The van der Waals surface area contributed by atoms with Gasteiger partial charge in [-0.05, 0) is 54.2 Å². The molecule has 1 unspecified atom stereocenters. The molecule has 164 valence electrons. The number of benzene rings is 3. The average molecular weight is 427 g/mol. The number of H-pyrrole nitrogens is 1. The molecular weight excluding hydrogens is 396 g/mol. The van der Waals surface area contributed by atoms with Crippen LogP contribution in [0.15, 0.2) is 72.8 Å². The predicted octanol–water partition coefficient (Wildman–Crippen LogP) is 5.92. The van der Waals surface area contributed by atoms with Gasteiger partial charge in [-0.3, -0.25) is 4.90 Å². The summed E-state index contributed by atoms with van der Waals surface area (Å²) in [5, 5.41) is 1.37. The van der Waals surface area contributed by atoms with Gasteiger partial charge in [0.2, 0.25) is 0 Å². The number of hydrogen-bond acceptors (Lipinski definition) is 3. The minimum absolute atomic E-state index is 0.347. The van der Waals surface area contributed by atoms with Crippen molar-refractivity contribution in [3.63, 3.8) is 0 Å². The van der Waals surface area contributed by atoms with E-state index >= 15 is 0 Å². The molecule has 1 N–H and O–H groups in total. The second kappa shape index (κ2) is 9.09. The molecule has 0 spiro atoms. The quantitative estimate of drug-likeness (QED) is 0.399. The summed E-state index contributed by atoms with van der Waals surface area (Å²) in [6, 6.07) is 26.1. The van der Waals surface area contributed by atoms with Gasteiger partial charge in [0.15, 0.2) is 11.5 Å². The number of aromatic nitrogens is 1. The van der Waals surface area contributed by atoms with Gasteiger partial charge in [0, 0.05) is 29.7 Å². The van der Waals surface area contributed by atoms with Crippen molar-refractivity contribution in [2.24, 2.45) is 0 Å². The van der Waals surface area contributed by atoms with Gasteiger partial charge >= 0.3 is 0 Å². The van der Waals surface area contributed by atoms with E-state index in [2.05, 4.69) is 76.6 Å². The first-order valence-electron chi connectivity index (χ1n) is 11.3. The highest BCUT2D eigenvalue weighted by Crippen LogP contribution is 2.38. The Hall–Kier alpha value is -3.24. The van der Waals surface area contributed by atoms with Crippen LogP contribution in [0.4, 0.5) is 0 Å². The van der Waals surface area contributed by atoms with E-state index in [0.717, 1.165) is 43.9 Å². The predicted molar refractivity (Wildman–Crippen MR) is 129 cm³/mol. The highest BCUT2D eigenvalue weighted by Gasteiger charge is 2.30. The van der Waals surface area contributed by atoms with Crippen molar-refractivity contribution in [2.75, 3.05) is 20.8 Å². The zero-order chi connectivity index (χ0) is 21.9. The molecule has 3 aromatic carbocycles. The molecule has 0 amide bonds. The third-order valence-corrected chi connectivity index (χ3v) is 6.65. The maximum atomic E-state index is 5.52. The van der Waals surface area contributed by atoms with Crippen LogP contribution in [0.3, 0.4) is 0 Å². The Bertz CT molecular complexity index is 1200. The first kappa shape index (κ1) is 20.7. The van der Waals surface area contributed by atoms with Gasteiger partial charge in [-0.15, -0.1) is 0 Å². The SMILES string of the molecule is COc1ccc(CCC2c3[nH]c4ccccc4c3CCN2Cc2ccccc2)cc1OC. The van der Waals surface area contributed by atoms with Crippen LogP contribution in [0, 0.1) is 0 Å². The molecule has 0 radical (unpaired) electrons. The molecule has 0 saturated carbocycles. The monoisotopic (exact) mass is 426 g/mol. The Morgan fingerprint density at radius 1 is 0.875 bits per heavy atom. The van der Waals surface area contributed by atoms with E-state index in [0.29, 0.717) is 6.04 Å². The zero-order valence-electron chi connectivity index (χ0n) is 18.8. The van der Waals surface area contributed by atoms with Gasteiger partial charge in [0.1, 0.15) is 0 Å². The lowest BCUT2D eigenvalue weighted by atomic mass is 9.92. The fourth-order valence-corrected chi connectivity index (χ4v) is 5.04. The van der Waals surface area contributed by atoms with E-state index in [9.17, 15) is 0 Å². The average Bonchev–Trinajstić information content (AvgIpc) is 3.22. The number of para-hydroxylation sites is 1. The second-order valence-electron chi connectivity index (χ2n) is 8.51. The van der Waals surface area contributed by atoms with Crippen LogP contribution in [0.5, 0.6) is 11.5 Å². The van der Waals surface area contributed by atoms with E-state index in [1.54, 1.807) is 14.2 Å². The number of ether oxygens (including phenoxy) is 2. The van der Waals surface area contributed by atoms with Crippen molar-refractivity contribution in [3.05, 3.63) is 95.2 Å². The Morgan fingerprint density at radius 2 is 1.66 bits per heavy atom. The van der Waals surface area contributed by atoms with Crippen LogP contribution in [0.1, 0.15) is 34.8 Å². The Kier molecular flexibility index (Phi) is 5.87. The van der Waals surface area contributed by atoms with E-state index in [-0.39, 0.29) is 0 Å². The fourth-order valence-electron chi connectivity index (χ4n) is 5.04. The fraction of sp³-hybridized carbons (Fsp3) is 0.286. The number of rotatable bonds is 7. The number of aryl methyl sites for hydroxylation is 1. The number of nitrogens with one attached hydrogen (secondary N) is 1. The summed E-state index contributed by atoms with van der Waals surface area (Å²) in [5.41, 5.74) is 6.75. The smallest absolute Gasteiger partial charge is 0.160 e. The molecule has 1 aromatic heterocycles. The van der Waals surface area contributed by atoms with Gasteiger partial charge < -0.3 is 14.5 Å². The van der Waals surface area contributed by atoms with Crippen LogP contribution in [-0.2, 0) is 19.4 Å². The standard InChI is InChI=1S/C28H30N2O2/c1-31-26-15-13-20(18-27(26)32-2)12-14-25-28-23(22-10-6-7-11-24(22)29-28)16-17-30(25)19-21-8-4-3-5-9-21/h3-11,13,15,18,25,29H,12,14,16-17,19H2,1-2H3. The molecule has 4 nitrogen and oxygen atoms in total. The Balaban J connectivity index is 1.45. The number of methoxy groups -OCH3 is 2. The number of aromatic amines is 1. The summed E-state index contributed by atoms with van der Waals surface area (Å²) in [4.78, 5) is 6.41. The topological polar surface area (TPSA) is 37.5 Å². The van der Waals surface area contributed by atoms with Crippen molar-refractivity contribution < 1.29 is 9.47 Å². The summed E-state index contributed by atoms with van der Waals surface area (Å²) in [5.74, 6) is 1.57. The molecular formula is C28H30N2O2. The summed E-state index contributed by atoms with van der Waals surface area (Å²) < 4.78 is 10.9. The van der Waals surface area contributed by atoms with E-state index in [4.69, 9.17) is 9.47 Å². The molecule has 4 heteroatoms. The van der Waals surface area contributed by atoms with E-state index in [1.807, 2.05) is 6.07 Å². The number of fused-ring (bicyclic) bond motifs is 3. The third-order valence-electron chi connectivity index (χ3n) is 6.65. The highest BCUT2D eigenvalue weighted by atomic mass is 16.5. The van der Waals surface area contributed by atoms with Crippen LogP contribution >= 0.6 is 0 Å². The molecule has 0 bridgehead atoms. The third kappa shape index (κ3) is 3.98. The lowest BCUT2D eigenvalue weighted by molar-refractivity contribution is 0.164. The van der Waals surface area contributed by atoms with Gasteiger partial charge in [-0.1, -0.05) is 54.6 Å². The maximum absolute atomic E-state index is 5.52. The summed E-state index contributed by atoms with van der Waals surface area (Å²) in [7, 11) is 3.37. The molecule has 4 aromatic rings. The normalized spacial score (nSPS) is 16.1.